The Bertz CT molecular complexity index is 846. The van der Waals surface area contributed by atoms with E-state index in [9.17, 15) is 18.0 Å². The number of carbonyl (C=O) groups is 1. The highest BCUT2D eigenvalue weighted by atomic mass is 127. The maximum atomic E-state index is 13.6. The van der Waals surface area contributed by atoms with Gasteiger partial charge in [0, 0.05) is 13.6 Å². The number of amides is 1. The smallest absolute Gasteiger partial charge is 0.243 e. The topological polar surface area (TPSA) is 65.5 Å². The van der Waals surface area contributed by atoms with Crippen molar-refractivity contribution in [2.45, 2.75) is 19.9 Å². The van der Waals surface area contributed by atoms with E-state index in [1.807, 2.05) is 24.3 Å². The van der Waals surface area contributed by atoms with Crippen LogP contribution in [0.25, 0.3) is 0 Å². The lowest BCUT2D eigenvalue weighted by Crippen LogP contribution is -2.41. The molecular weight excluding hydrogens is 484 g/mol. The number of hydrogen-bond donors (Lipinski definition) is 3. The highest BCUT2D eigenvalue weighted by molar-refractivity contribution is 14.0. The largest absolute Gasteiger partial charge is 0.352 e. The minimum Gasteiger partial charge on any atom is -0.352 e. The number of aliphatic imine (C=N–C) groups is 1. The molecule has 1 amide bonds. The van der Waals surface area contributed by atoms with Crippen molar-refractivity contribution in [2.24, 2.45) is 4.99 Å². The predicted molar refractivity (Wildman–Crippen MR) is 114 cm³/mol. The number of hydrogen-bond acceptors (Lipinski definition) is 2. The van der Waals surface area contributed by atoms with Crippen LogP contribution in [0.15, 0.2) is 41.4 Å². The van der Waals surface area contributed by atoms with Crippen LogP contribution in [0.4, 0.5) is 18.9 Å². The van der Waals surface area contributed by atoms with Crippen molar-refractivity contribution >= 4 is 41.5 Å². The van der Waals surface area contributed by atoms with Gasteiger partial charge in [0.25, 0.3) is 0 Å². The molecule has 5 nitrogen and oxygen atoms in total. The summed E-state index contributed by atoms with van der Waals surface area (Å²) in [5.74, 6) is -4.64. The molecule has 2 aromatic carbocycles. The van der Waals surface area contributed by atoms with Gasteiger partial charge < -0.3 is 16.0 Å². The van der Waals surface area contributed by atoms with Gasteiger partial charge in [0.1, 0.15) is 0 Å². The average molecular weight is 506 g/mol. The molecular formula is C19H22F3IN4O. The molecule has 0 aliphatic rings. The highest BCUT2D eigenvalue weighted by Gasteiger charge is 2.15. The number of rotatable bonds is 6. The van der Waals surface area contributed by atoms with E-state index < -0.39 is 29.0 Å². The van der Waals surface area contributed by atoms with Gasteiger partial charge in [-0.2, -0.15) is 0 Å². The van der Waals surface area contributed by atoms with Crippen molar-refractivity contribution in [3.05, 3.63) is 65.0 Å². The molecule has 28 heavy (non-hydrogen) atoms. The second kappa shape index (κ2) is 11.5. The Morgan fingerprint density at radius 3 is 2.32 bits per heavy atom. The van der Waals surface area contributed by atoms with Gasteiger partial charge in [0.15, 0.2) is 23.4 Å². The third kappa shape index (κ3) is 6.39. The van der Waals surface area contributed by atoms with Gasteiger partial charge in [-0.1, -0.05) is 31.2 Å². The molecule has 0 aliphatic heterocycles. The maximum absolute atomic E-state index is 13.6. The summed E-state index contributed by atoms with van der Waals surface area (Å²) in [6, 6.07) is 9.65. The molecule has 0 saturated heterocycles. The third-order valence-electron chi connectivity index (χ3n) is 3.89. The first kappa shape index (κ1) is 23.7. The van der Waals surface area contributed by atoms with Crippen molar-refractivity contribution in [3.8, 4) is 0 Å². The minimum atomic E-state index is -1.63. The maximum Gasteiger partial charge on any atom is 0.243 e. The molecule has 0 unspecified atom stereocenters. The Labute approximate surface area is 178 Å². The molecule has 2 aromatic rings. The van der Waals surface area contributed by atoms with Gasteiger partial charge in [-0.15, -0.1) is 24.0 Å². The second-order valence-electron chi connectivity index (χ2n) is 5.67. The molecule has 2 rings (SSSR count). The Morgan fingerprint density at radius 1 is 1.00 bits per heavy atom. The molecule has 0 heterocycles. The van der Waals surface area contributed by atoms with Crippen LogP contribution in [0.1, 0.15) is 18.1 Å². The van der Waals surface area contributed by atoms with E-state index in [1.54, 1.807) is 7.05 Å². The summed E-state index contributed by atoms with van der Waals surface area (Å²) in [5, 5.41) is 8.05. The molecule has 0 bridgehead atoms. The van der Waals surface area contributed by atoms with Crippen molar-refractivity contribution in [2.75, 3.05) is 18.9 Å². The van der Waals surface area contributed by atoms with E-state index in [0.29, 0.717) is 12.5 Å². The number of carbonyl (C=O) groups excluding carboxylic acids is 1. The molecule has 0 spiro atoms. The number of benzene rings is 2. The van der Waals surface area contributed by atoms with Crippen molar-refractivity contribution < 1.29 is 18.0 Å². The van der Waals surface area contributed by atoms with E-state index in [2.05, 4.69) is 27.9 Å². The monoisotopic (exact) mass is 506 g/mol. The van der Waals surface area contributed by atoms with Crippen LogP contribution in [0, 0.1) is 17.5 Å². The Hall–Kier alpha value is -2.30. The normalized spacial score (nSPS) is 10.8. The van der Waals surface area contributed by atoms with E-state index in [-0.39, 0.29) is 30.5 Å². The zero-order valence-corrected chi connectivity index (χ0v) is 17.8. The lowest BCUT2D eigenvalue weighted by Gasteiger charge is -2.14. The van der Waals surface area contributed by atoms with E-state index >= 15 is 0 Å². The van der Waals surface area contributed by atoms with Gasteiger partial charge in [-0.25, -0.2) is 13.2 Å². The summed E-state index contributed by atoms with van der Waals surface area (Å²) in [6.07, 6.45) is 0.895. The lowest BCUT2D eigenvalue weighted by atomic mass is 10.1. The van der Waals surface area contributed by atoms with Crippen LogP contribution in [0.2, 0.25) is 0 Å². The summed E-state index contributed by atoms with van der Waals surface area (Å²) in [5.41, 5.74) is 1.88. The van der Waals surface area contributed by atoms with Gasteiger partial charge >= 0.3 is 0 Å². The Morgan fingerprint density at radius 2 is 1.68 bits per heavy atom. The first-order chi connectivity index (χ1) is 13.0. The van der Waals surface area contributed by atoms with E-state index in [0.717, 1.165) is 24.1 Å². The van der Waals surface area contributed by atoms with Gasteiger partial charge in [0.2, 0.25) is 5.91 Å². The summed E-state index contributed by atoms with van der Waals surface area (Å²) in [7, 11) is 1.55. The van der Waals surface area contributed by atoms with Gasteiger partial charge in [-0.3, -0.25) is 9.79 Å². The summed E-state index contributed by atoms with van der Waals surface area (Å²) < 4.78 is 39.7. The second-order valence-corrected chi connectivity index (χ2v) is 5.67. The van der Waals surface area contributed by atoms with Crippen LogP contribution in [-0.4, -0.2) is 25.5 Å². The first-order valence-electron chi connectivity index (χ1n) is 8.40. The number of nitrogens with zero attached hydrogens (tertiary/aromatic N) is 1. The SMILES string of the molecule is CCc1ccccc1CNC(=NC)NCC(=O)Nc1ccc(F)c(F)c1F.I. The van der Waals surface area contributed by atoms with Crippen LogP contribution in [-0.2, 0) is 17.8 Å². The van der Waals surface area contributed by atoms with Crippen LogP contribution >= 0.6 is 24.0 Å². The fraction of sp³-hybridized carbons (Fsp3) is 0.263. The number of anilines is 1. The quantitative estimate of drug-likeness (QED) is 0.243. The van der Waals surface area contributed by atoms with Gasteiger partial charge in [-0.05, 0) is 29.7 Å². The first-order valence-corrected chi connectivity index (χ1v) is 8.40. The zero-order valence-electron chi connectivity index (χ0n) is 15.5. The fourth-order valence-corrected chi connectivity index (χ4v) is 2.46. The van der Waals surface area contributed by atoms with Crippen LogP contribution < -0.4 is 16.0 Å². The molecule has 0 aromatic heterocycles. The zero-order chi connectivity index (χ0) is 19.8. The van der Waals surface area contributed by atoms with Crippen LogP contribution in [0.5, 0.6) is 0 Å². The summed E-state index contributed by atoms with van der Waals surface area (Å²) >= 11 is 0. The molecule has 152 valence electrons. The van der Waals surface area contributed by atoms with Gasteiger partial charge in [0.05, 0.1) is 12.2 Å². The predicted octanol–water partition coefficient (Wildman–Crippen LogP) is 3.59. The third-order valence-corrected chi connectivity index (χ3v) is 3.89. The fourth-order valence-electron chi connectivity index (χ4n) is 2.46. The number of aryl methyl sites for hydroxylation is 1. The highest BCUT2D eigenvalue weighted by Crippen LogP contribution is 2.19. The molecule has 0 aliphatic carbocycles. The standard InChI is InChI=1S/C19H21F3N4O.HI/c1-3-12-6-4-5-7-13(12)10-24-19(23-2)25-11-16(27)26-15-9-8-14(20)17(21)18(15)22;/h4-9H,3,10-11H2,1-2H3,(H,26,27)(H2,23,24,25);1H. The average Bonchev–Trinajstić information content (AvgIpc) is 2.68. The number of guanidine groups is 1. The number of halogens is 4. The molecule has 0 saturated carbocycles. The number of nitrogens with one attached hydrogen (secondary N) is 3. The minimum absolute atomic E-state index is 0. The van der Waals surface area contributed by atoms with Crippen molar-refractivity contribution in [3.63, 3.8) is 0 Å². The van der Waals surface area contributed by atoms with E-state index in [1.165, 1.54) is 5.56 Å². The molecule has 0 fully saturated rings. The molecule has 9 heteroatoms. The van der Waals surface area contributed by atoms with Crippen molar-refractivity contribution in [1.82, 2.24) is 10.6 Å². The van der Waals surface area contributed by atoms with E-state index in [4.69, 9.17) is 0 Å². The molecule has 0 radical (unpaired) electrons. The summed E-state index contributed by atoms with van der Waals surface area (Å²) in [6.45, 7) is 2.35. The summed E-state index contributed by atoms with van der Waals surface area (Å²) in [4.78, 5) is 15.9. The lowest BCUT2D eigenvalue weighted by molar-refractivity contribution is -0.115. The molecule has 0 atom stereocenters. The Kier molecular flexibility index (Phi) is 9.77. The Balaban J connectivity index is 0.00000392. The van der Waals surface area contributed by atoms with Crippen molar-refractivity contribution in [1.29, 1.82) is 0 Å². The molecule has 3 N–H and O–H groups in total. The van der Waals surface area contributed by atoms with Crippen LogP contribution in [0.3, 0.4) is 0 Å².